The number of hydrogen-bond acceptors (Lipinski definition) is 12. The lowest BCUT2D eigenvalue weighted by Gasteiger charge is -2.41. The molecule has 1 amide bonds. The Morgan fingerprint density at radius 2 is 1.72 bits per heavy atom. The SMILES string of the molecule is COC(=O)C1=C[C@H](n2cc(-c3ccccc3Cl)nn2)[C@@H](NC(=O)C(C)C)[C@H]([C@H](OC(C)=O)[C@@H](COC(C)=O)OC(C)=O)O1. The number of methoxy groups -OCH3 is 1. The van der Waals surface area contributed by atoms with Crippen LogP contribution in [0.2, 0.25) is 5.02 Å². The summed E-state index contributed by atoms with van der Waals surface area (Å²) < 4.78 is 28.3. The number of nitrogens with zero attached hydrogens (tertiary/aromatic N) is 3. The van der Waals surface area contributed by atoms with Crippen molar-refractivity contribution in [3.63, 3.8) is 0 Å². The molecule has 1 aliphatic rings. The summed E-state index contributed by atoms with van der Waals surface area (Å²) in [6, 6.07) is 4.86. The average Bonchev–Trinajstić information content (AvgIpc) is 3.43. The van der Waals surface area contributed by atoms with Crippen LogP contribution in [0.1, 0.15) is 40.7 Å². The molecular formula is C28H33ClN4O10. The lowest BCUT2D eigenvalue weighted by molar-refractivity contribution is -0.188. The highest BCUT2D eigenvalue weighted by molar-refractivity contribution is 6.33. The minimum Gasteiger partial charge on any atom is -0.477 e. The number of ether oxygens (including phenoxy) is 5. The second kappa shape index (κ2) is 14.6. The molecule has 0 spiro atoms. The normalized spacial score (nSPS) is 19.3. The first-order valence-corrected chi connectivity index (χ1v) is 13.6. The number of rotatable bonds is 11. The van der Waals surface area contributed by atoms with Crippen molar-refractivity contribution >= 4 is 41.4 Å². The van der Waals surface area contributed by atoms with Crippen LogP contribution in [-0.2, 0) is 47.7 Å². The van der Waals surface area contributed by atoms with Gasteiger partial charge in [-0.3, -0.25) is 19.2 Å². The lowest BCUT2D eigenvalue weighted by atomic mass is 9.91. The predicted molar refractivity (Wildman–Crippen MR) is 149 cm³/mol. The van der Waals surface area contributed by atoms with Gasteiger partial charge in [0.25, 0.3) is 0 Å². The highest BCUT2D eigenvalue weighted by atomic mass is 35.5. The number of halogens is 1. The van der Waals surface area contributed by atoms with E-state index in [0.717, 1.165) is 27.9 Å². The second-order valence-electron chi connectivity index (χ2n) is 9.87. The third kappa shape index (κ3) is 8.53. The molecule has 15 heteroatoms. The van der Waals surface area contributed by atoms with Gasteiger partial charge in [-0.25, -0.2) is 9.48 Å². The van der Waals surface area contributed by atoms with Gasteiger partial charge < -0.3 is 29.0 Å². The van der Waals surface area contributed by atoms with Crippen LogP contribution < -0.4 is 5.32 Å². The van der Waals surface area contributed by atoms with Crippen LogP contribution in [-0.4, -0.2) is 82.8 Å². The van der Waals surface area contributed by atoms with Gasteiger partial charge in [-0.2, -0.15) is 0 Å². The van der Waals surface area contributed by atoms with Crippen molar-refractivity contribution in [2.75, 3.05) is 13.7 Å². The van der Waals surface area contributed by atoms with Gasteiger partial charge in [-0.1, -0.05) is 48.9 Å². The van der Waals surface area contributed by atoms with Crippen molar-refractivity contribution in [2.24, 2.45) is 5.92 Å². The van der Waals surface area contributed by atoms with Crippen molar-refractivity contribution in [3.8, 4) is 11.3 Å². The lowest BCUT2D eigenvalue weighted by Crippen LogP contribution is -2.60. The van der Waals surface area contributed by atoms with Crippen LogP contribution >= 0.6 is 11.6 Å². The number of hydrogen-bond donors (Lipinski definition) is 1. The van der Waals surface area contributed by atoms with E-state index in [0.29, 0.717) is 16.3 Å². The minimum absolute atomic E-state index is 0.312. The zero-order valence-corrected chi connectivity index (χ0v) is 25.2. The van der Waals surface area contributed by atoms with Crippen molar-refractivity contribution in [1.29, 1.82) is 0 Å². The molecule has 232 valence electrons. The largest absolute Gasteiger partial charge is 0.477 e. The first kappa shape index (κ1) is 33.0. The summed E-state index contributed by atoms with van der Waals surface area (Å²) in [4.78, 5) is 61.9. The summed E-state index contributed by atoms with van der Waals surface area (Å²) in [5.74, 6) is -4.41. The van der Waals surface area contributed by atoms with E-state index in [1.807, 2.05) is 0 Å². The third-order valence-electron chi connectivity index (χ3n) is 6.25. The topological polar surface area (TPSA) is 174 Å². The Morgan fingerprint density at radius 1 is 1.05 bits per heavy atom. The molecule has 1 aromatic carbocycles. The predicted octanol–water partition coefficient (Wildman–Crippen LogP) is 2.16. The number of amides is 1. The molecule has 1 aromatic heterocycles. The van der Waals surface area contributed by atoms with Gasteiger partial charge in [0.15, 0.2) is 18.3 Å². The molecule has 43 heavy (non-hydrogen) atoms. The summed E-state index contributed by atoms with van der Waals surface area (Å²) in [6.07, 6.45) is -1.38. The summed E-state index contributed by atoms with van der Waals surface area (Å²) in [7, 11) is 1.14. The summed E-state index contributed by atoms with van der Waals surface area (Å²) in [6.45, 7) is 6.16. The minimum atomic E-state index is -1.50. The standard InChI is InChI=1S/C28H33ClN4O10/c1-14(2)27(37)30-24-21(33-12-20(31-32-33)18-9-7-8-10-19(18)29)11-22(28(38)39-6)43-26(24)25(42-17(5)36)23(41-16(4)35)13-40-15(3)34/h7-12,14,21,23-26H,13H2,1-6H3,(H,30,37)/t21-,23+,24+,25+,26+/m0/s1. The third-order valence-corrected chi connectivity index (χ3v) is 6.58. The van der Waals surface area contributed by atoms with Gasteiger partial charge in [-0.15, -0.1) is 5.10 Å². The average molecular weight is 621 g/mol. The zero-order chi connectivity index (χ0) is 31.8. The molecule has 2 aromatic rings. The Labute approximate surface area is 252 Å². The maximum absolute atomic E-state index is 13.1. The second-order valence-corrected chi connectivity index (χ2v) is 10.3. The van der Waals surface area contributed by atoms with E-state index in [1.54, 1.807) is 44.3 Å². The Hall–Kier alpha value is -4.46. The maximum Gasteiger partial charge on any atom is 0.373 e. The van der Waals surface area contributed by atoms with E-state index in [9.17, 15) is 24.0 Å². The van der Waals surface area contributed by atoms with E-state index >= 15 is 0 Å². The fourth-order valence-corrected chi connectivity index (χ4v) is 4.54. The van der Waals surface area contributed by atoms with E-state index in [-0.39, 0.29) is 5.76 Å². The quantitative estimate of drug-likeness (QED) is 0.287. The Kier molecular flexibility index (Phi) is 11.2. The molecule has 0 fully saturated rings. The van der Waals surface area contributed by atoms with E-state index in [4.69, 9.17) is 35.3 Å². The van der Waals surface area contributed by atoms with Crippen molar-refractivity contribution in [3.05, 3.63) is 47.3 Å². The number of esters is 4. The van der Waals surface area contributed by atoms with E-state index in [2.05, 4.69) is 15.6 Å². The Morgan fingerprint density at radius 3 is 2.30 bits per heavy atom. The highest BCUT2D eigenvalue weighted by Gasteiger charge is 2.49. The van der Waals surface area contributed by atoms with E-state index in [1.165, 1.54) is 10.8 Å². The van der Waals surface area contributed by atoms with Crippen LogP contribution in [0.5, 0.6) is 0 Å². The molecular weight excluding hydrogens is 588 g/mol. The molecule has 0 bridgehead atoms. The monoisotopic (exact) mass is 620 g/mol. The molecule has 1 aliphatic heterocycles. The van der Waals surface area contributed by atoms with Crippen LogP contribution in [0.4, 0.5) is 0 Å². The fourth-order valence-electron chi connectivity index (χ4n) is 4.31. The van der Waals surface area contributed by atoms with Crippen molar-refractivity contribution in [2.45, 2.75) is 65.0 Å². The smallest absolute Gasteiger partial charge is 0.373 e. The molecule has 5 atom stereocenters. The molecule has 0 aliphatic carbocycles. The first-order chi connectivity index (χ1) is 20.3. The van der Waals surface area contributed by atoms with Crippen LogP contribution in [0.15, 0.2) is 42.3 Å². The molecule has 0 radical (unpaired) electrons. The van der Waals surface area contributed by atoms with Gasteiger partial charge in [0, 0.05) is 32.3 Å². The Balaban J connectivity index is 2.21. The summed E-state index contributed by atoms with van der Waals surface area (Å²) in [5, 5.41) is 11.7. The van der Waals surface area contributed by atoms with Gasteiger partial charge in [0.05, 0.1) is 30.4 Å². The molecule has 0 saturated heterocycles. The Bertz CT molecular complexity index is 1390. The van der Waals surface area contributed by atoms with Crippen molar-refractivity contribution in [1.82, 2.24) is 20.3 Å². The first-order valence-electron chi connectivity index (χ1n) is 13.2. The molecule has 0 saturated carbocycles. The molecule has 1 N–H and O–H groups in total. The fraction of sp³-hybridized carbons (Fsp3) is 0.464. The van der Waals surface area contributed by atoms with Crippen LogP contribution in [0.25, 0.3) is 11.3 Å². The molecule has 14 nitrogen and oxygen atoms in total. The maximum atomic E-state index is 13.1. The van der Waals surface area contributed by atoms with Crippen LogP contribution in [0, 0.1) is 5.92 Å². The highest BCUT2D eigenvalue weighted by Crippen LogP contribution is 2.34. The number of carbonyl (C=O) groups excluding carboxylic acids is 5. The number of benzene rings is 1. The van der Waals surface area contributed by atoms with Gasteiger partial charge in [0.2, 0.25) is 11.7 Å². The molecule has 2 heterocycles. The summed E-state index contributed by atoms with van der Waals surface area (Å²) >= 11 is 6.36. The van der Waals surface area contributed by atoms with Gasteiger partial charge in [0.1, 0.15) is 12.3 Å². The van der Waals surface area contributed by atoms with Gasteiger partial charge >= 0.3 is 23.9 Å². The number of carbonyl (C=O) groups is 5. The molecule has 3 rings (SSSR count). The number of aromatic nitrogens is 3. The van der Waals surface area contributed by atoms with E-state index < -0.39 is 72.7 Å². The van der Waals surface area contributed by atoms with Gasteiger partial charge in [-0.05, 0) is 12.1 Å². The van der Waals surface area contributed by atoms with Crippen LogP contribution in [0.3, 0.4) is 0 Å². The summed E-state index contributed by atoms with van der Waals surface area (Å²) in [5.41, 5.74) is 0.966. The number of nitrogens with one attached hydrogen (secondary N) is 1. The molecule has 0 unspecified atom stereocenters. The van der Waals surface area contributed by atoms with Crippen molar-refractivity contribution < 1.29 is 47.7 Å². The zero-order valence-electron chi connectivity index (χ0n) is 24.4.